The summed E-state index contributed by atoms with van der Waals surface area (Å²) < 4.78 is 7.92. The first kappa shape index (κ1) is 16.1. The normalized spacial score (nSPS) is 19.2. The summed E-state index contributed by atoms with van der Waals surface area (Å²) in [7, 11) is 0. The van der Waals surface area contributed by atoms with Crippen LogP contribution in [-0.2, 0) is 17.8 Å². The molecule has 6 heteroatoms. The van der Waals surface area contributed by atoms with Crippen molar-refractivity contribution in [3.05, 3.63) is 40.7 Å². The van der Waals surface area contributed by atoms with E-state index >= 15 is 0 Å². The average Bonchev–Trinajstić information content (AvgIpc) is 2.95. The van der Waals surface area contributed by atoms with Gasteiger partial charge in [-0.25, -0.2) is 4.68 Å². The second-order valence-electron chi connectivity index (χ2n) is 6.27. The third-order valence-electron chi connectivity index (χ3n) is 4.33. The Balaban J connectivity index is 1.69. The van der Waals surface area contributed by atoms with Crippen LogP contribution in [-0.4, -0.2) is 44.8 Å². The van der Waals surface area contributed by atoms with Gasteiger partial charge >= 0.3 is 0 Å². The van der Waals surface area contributed by atoms with Crippen LogP contribution in [0.25, 0.3) is 0 Å². The van der Waals surface area contributed by atoms with Gasteiger partial charge in [0.15, 0.2) is 5.82 Å². The van der Waals surface area contributed by atoms with Gasteiger partial charge in [0.1, 0.15) is 0 Å². The van der Waals surface area contributed by atoms with Crippen LogP contribution in [0.5, 0.6) is 0 Å². The van der Waals surface area contributed by atoms with Crippen LogP contribution in [0.15, 0.2) is 18.2 Å². The fourth-order valence-corrected chi connectivity index (χ4v) is 3.14. The molecule has 1 aliphatic heterocycles. The predicted molar refractivity (Wildman–Crippen MR) is 88.0 cm³/mol. The predicted octanol–water partition coefficient (Wildman–Crippen LogP) is 2.27. The number of hydrogen-bond acceptors (Lipinski definition) is 5. The van der Waals surface area contributed by atoms with Crippen molar-refractivity contribution in [2.45, 2.75) is 46.4 Å². The van der Waals surface area contributed by atoms with E-state index in [0.29, 0.717) is 0 Å². The molecule has 1 fully saturated rings. The Morgan fingerprint density at radius 1 is 1.30 bits per heavy atom. The summed E-state index contributed by atoms with van der Waals surface area (Å²) in [6.07, 6.45) is 1.16. The van der Waals surface area contributed by atoms with Crippen molar-refractivity contribution in [1.82, 2.24) is 25.1 Å². The number of aryl methyl sites for hydroxylation is 3. The first-order valence-electron chi connectivity index (χ1n) is 8.33. The largest absolute Gasteiger partial charge is 0.371 e. The summed E-state index contributed by atoms with van der Waals surface area (Å²) in [5.41, 5.74) is 3.87. The van der Waals surface area contributed by atoms with E-state index in [1.165, 1.54) is 16.7 Å². The first-order valence-corrected chi connectivity index (χ1v) is 8.33. The number of hydrogen-bond donors (Lipinski definition) is 0. The van der Waals surface area contributed by atoms with Crippen molar-refractivity contribution in [1.29, 1.82) is 0 Å². The van der Waals surface area contributed by atoms with E-state index in [0.717, 1.165) is 45.0 Å². The molecule has 2 heterocycles. The van der Waals surface area contributed by atoms with Gasteiger partial charge in [0, 0.05) is 19.6 Å². The lowest BCUT2D eigenvalue weighted by atomic mass is 10.00. The highest BCUT2D eigenvalue weighted by Gasteiger charge is 2.24. The molecule has 1 saturated heterocycles. The summed E-state index contributed by atoms with van der Waals surface area (Å²) in [4.78, 5) is 2.38. The van der Waals surface area contributed by atoms with Crippen LogP contribution in [0.1, 0.15) is 42.0 Å². The molecule has 2 aromatic rings. The molecule has 0 spiro atoms. The van der Waals surface area contributed by atoms with Crippen molar-refractivity contribution in [3.8, 4) is 0 Å². The second kappa shape index (κ2) is 7.19. The molecule has 1 aliphatic rings. The van der Waals surface area contributed by atoms with E-state index in [4.69, 9.17) is 4.74 Å². The van der Waals surface area contributed by atoms with Crippen LogP contribution in [0.2, 0.25) is 0 Å². The van der Waals surface area contributed by atoms with Crippen LogP contribution in [0, 0.1) is 13.8 Å². The number of tetrazole rings is 1. The fraction of sp³-hybridized carbons (Fsp3) is 0.588. The van der Waals surface area contributed by atoms with Crippen molar-refractivity contribution < 1.29 is 4.74 Å². The molecule has 0 radical (unpaired) electrons. The third-order valence-corrected chi connectivity index (χ3v) is 4.33. The van der Waals surface area contributed by atoms with Crippen molar-refractivity contribution >= 4 is 0 Å². The highest BCUT2D eigenvalue weighted by atomic mass is 16.5. The topological polar surface area (TPSA) is 56.1 Å². The maximum absolute atomic E-state index is 6.01. The van der Waals surface area contributed by atoms with Gasteiger partial charge in [-0.05, 0) is 41.8 Å². The Morgan fingerprint density at radius 2 is 2.17 bits per heavy atom. The van der Waals surface area contributed by atoms with Gasteiger partial charge in [-0.15, -0.1) is 5.10 Å². The molecule has 6 nitrogen and oxygen atoms in total. The van der Waals surface area contributed by atoms with Crippen LogP contribution >= 0.6 is 0 Å². The van der Waals surface area contributed by atoms with Crippen molar-refractivity contribution in [3.63, 3.8) is 0 Å². The quantitative estimate of drug-likeness (QED) is 0.847. The zero-order valence-electron chi connectivity index (χ0n) is 14.2. The molecule has 1 aromatic heterocycles. The Labute approximate surface area is 137 Å². The summed E-state index contributed by atoms with van der Waals surface area (Å²) in [5.74, 6) is 0.938. The number of aromatic nitrogens is 4. The Kier molecular flexibility index (Phi) is 5.03. The number of nitrogens with zero attached hydrogens (tertiary/aromatic N) is 5. The zero-order valence-corrected chi connectivity index (χ0v) is 14.2. The number of morpholine rings is 1. The molecule has 0 aliphatic carbocycles. The van der Waals surface area contributed by atoms with Gasteiger partial charge in [-0.3, -0.25) is 4.90 Å². The molecule has 1 aromatic carbocycles. The standard InChI is InChI=1S/C17H25N5O/c1-4-7-22-17(18-19-20-22)12-21-8-9-23-16(11-21)15-6-5-13(2)10-14(15)3/h5-6,10,16H,4,7-9,11-12H2,1-3H3/t16-/m1/s1. The van der Waals surface area contributed by atoms with Crippen LogP contribution in [0.4, 0.5) is 0 Å². The summed E-state index contributed by atoms with van der Waals surface area (Å²) >= 11 is 0. The van der Waals surface area contributed by atoms with E-state index in [1.807, 2.05) is 4.68 Å². The lowest BCUT2D eigenvalue weighted by Crippen LogP contribution is -2.38. The molecule has 124 valence electrons. The minimum absolute atomic E-state index is 0.125. The molecule has 23 heavy (non-hydrogen) atoms. The monoisotopic (exact) mass is 315 g/mol. The summed E-state index contributed by atoms with van der Waals surface area (Å²) in [6, 6.07) is 6.58. The van der Waals surface area contributed by atoms with Gasteiger partial charge in [0.05, 0.1) is 19.3 Å². The molecular formula is C17H25N5O. The Bertz CT molecular complexity index is 654. The second-order valence-corrected chi connectivity index (χ2v) is 6.27. The van der Waals surface area contributed by atoms with Gasteiger partial charge in [-0.2, -0.15) is 0 Å². The van der Waals surface area contributed by atoms with Crippen LogP contribution < -0.4 is 0 Å². The molecule has 0 amide bonds. The smallest absolute Gasteiger partial charge is 0.165 e. The number of rotatable bonds is 5. The lowest BCUT2D eigenvalue weighted by Gasteiger charge is -2.33. The molecule has 1 atom stereocenters. The van der Waals surface area contributed by atoms with Gasteiger partial charge in [0.25, 0.3) is 0 Å². The van der Waals surface area contributed by atoms with Crippen LogP contribution in [0.3, 0.4) is 0 Å². The van der Waals surface area contributed by atoms with Gasteiger partial charge in [-0.1, -0.05) is 30.7 Å². The molecule has 3 rings (SSSR count). The van der Waals surface area contributed by atoms with Gasteiger partial charge < -0.3 is 4.74 Å². The number of benzene rings is 1. The number of ether oxygens (including phenoxy) is 1. The highest BCUT2D eigenvalue weighted by Crippen LogP contribution is 2.26. The minimum atomic E-state index is 0.125. The van der Waals surface area contributed by atoms with E-state index in [9.17, 15) is 0 Å². The van der Waals surface area contributed by atoms with E-state index in [-0.39, 0.29) is 6.10 Å². The maximum Gasteiger partial charge on any atom is 0.165 e. The van der Waals surface area contributed by atoms with Crippen molar-refractivity contribution in [2.24, 2.45) is 0 Å². The Hall–Kier alpha value is -1.79. The van der Waals surface area contributed by atoms with E-state index < -0.39 is 0 Å². The molecule has 0 saturated carbocycles. The molecular weight excluding hydrogens is 290 g/mol. The lowest BCUT2D eigenvalue weighted by molar-refractivity contribution is -0.0343. The molecule has 0 N–H and O–H groups in total. The Morgan fingerprint density at radius 3 is 2.96 bits per heavy atom. The SMILES string of the molecule is CCCn1nnnc1CN1CCO[C@@H](c2ccc(C)cc2C)C1. The summed E-state index contributed by atoms with van der Waals surface area (Å²) in [6.45, 7) is 10.6. The fourth-order valence-electron chi connectivity index (χ4n) is 3.14. The minimum Gasteiger partial charge on any atom is -0.371 e. The van der Waals surface area contributed by atoms with E-state index in [2.05, 4.69) is 59.4 Å². The van der Waals surface area contributed by atoms with Gasteiger partial charge in [0.2, 0.25) is 0 Å². The third kappa shape index (κ3) is 3.76. The molecule has 0 unspecified atom stereocenters. The maximum atomic E-state index is 6.01. The molecule has 0 bridgehead atoms. The van der Waals surface area contributed by atoms with Crippen molar-refractivity contribution in [2.75, 3.05) is 19.7 Å². The summed E-state index contributed by atoms with van der Waals surface area (Å²) in [5, 5.41) is 12.1. The average molecular weight is 315 g/mol. The van der Waals surface area contributed by atoms with E-state index in [1.54, 1.807) is 0 Å². The highest BCUT2D eigenvalue weighted by molar-refractivity contribution is 5.32. The first-order chi connectivity index (χ1) is 11.2. The zero-order chi connectivity index (χ0) is 16.2.